The molecule has 1 aromatic carbocycles. The molecule has 132 valence electrons. The second-order valence-corrected chi connectivity index (χ2v) is 6.06. The third-order valence-corrected chi connectivity index (χ3v) is 4.40. The predicted octanol–water partition coefficient (Wildman–Crippen LogP) is 4.85. The molecule has 0 spiro atoms. The second-order valence-electron chi connectivity index (χ2n) is 6.06. The maximum atomic E-state index is 10.1. The van der Waals surface area contributed by atoms with Gasteiger partial charge in [0, 0.05) is 12.1 Å². The van der Waals surface area contributed by atoms with Crippen LogP contribution >= 0.6 is 24.8 Å². The van der Waals surface area contributed by atoms with Gasteiger partial charge in [-0.3, -0.25) is 4.90 Å². The molecule has 0 atom stereocenters. The highest BCUT2D eigenvalue weighted by atomic mass is 35.5. The van der Waals surface area contributed by atoms with Gasteiger partial charge >= 0.3 is 0 Å². The van der Waals surface area contributed by atoms with Crippen LogP contribution in [0.3, 0.4) is 0 Å². The third-order valence-electron chi connectivity index (χ3n) is 4.40. The van der Waals surface area contributed by atoms with E-state index in [9.17, 15) is 5.11 Å². The van der Waals surface area contributed by atoms with Crippen molar-refractivity contribution < 1.29 is 5.11 Å². The molecule has 1 saturated heterocycles. The number of benzene rings is 1. The summed E-state index contributed by atoms with van der Waals surface area (Å²) in [5.74, 6) is 0.256. The van der Waals surface area contributed by atoms with Gasteiger partial charge in [0.1, 0.15) is 11.4 Å². The fourth-order valence-electron chi connectivity index (χ4n) is 3.04. The van der Waals surface area contributed by atoms with Crippen LogP contribution in [0, 0.1) is 0 Å². The van der Waals surface area contributed by atoms with Gasteiger partial charge in [-0.2, -0.15) is 0 Å². The van der Waals surface area contributed by atoms with Crippen LogP contribution in [-0.4, -0.2) is 28.1 Å². The Morgan fingerprint density at radius 2 is 1.62 bits per heavy atom. The van der Waals surface area contributed by atoms with Gasteiger partial charge in [-0.05, 0) is 50.0 Å². The van der Waals surface area contributed by atoms with E-state index < -0.39 is 0 Å². The summed E-state index contributed by atoms with van der Waals surface area (Å²) in [6.07, 6.45) is 4.93. The zero-order valence-corrected chi connectivity index (χ0v) is 15.7. The van der Waals surface area contributed by atoms with Crippen molar-refractivity contribution >= 4 is 24.8 Å². The van der Waals surface area contributed by atoms with E-state index >= 15 is 0 Å². The number of halogens is 2. The van der Waals surface area contributed by atoms with E-state index in [-0.39, 0.29) is 30.6 Å². The molecular weight excluding hydrogens is 343 g/mol. The summed E-state index contributed by atoms with van der Waals surface area (Å²) in [5, 5.41) is 10.1. The van der Waals surface area contributed by atoms with E-state index in [1.54, 1.807) is 6.07 Å². The van der Waals surface area contributed by atoms with Crippen molar-refractivity contribution in [2.45, 2.75) is 39.2 Å². The van der Waals surface area contributed by atoms with Gasteiger partial charge in [-0.1, -0.05) is 37.6 Å². The molecule has 3 rings (SSSR count). The zero-order chi connectivity index (χ0) is 15.4. The van der Waals surface area contributed by atoms with E-state index in [0.717, 1.165) is 37.3 Å². The highest BCUT2D eigenvalue weighted by Crippen LogP contribution is 2.28. The zero-order valence-electron chi connectivity index (χ0n) is 14.1. The Bertz CT molecular complexity index is 626. The number of pyridine rings is 1. The summed E-state index contributed by atoms with van der Waals surface area (Å²) in [4.78, 5) is 7.15. The van der Waals surface area contributed by atoms with Crippen LogP contribution in [0.5, 0.6) is 5.75 Å². The number of aromatic nitrogens is 1. The van der Waals surface area contributed by atoms with Crippen LogP contribution in [0.4, 0.5) is 0 Å². The van der Waals surface area contributed by atoms with E-state index in [0.29, 0.717) is 5.69 Å². The molecule has 5 heteroatoms. The smallest absolute Gasteiger partial charge is 0.141 e. The first-order valence-electron chi connectivity index (χ1n) is 8.27. The van der Waals surface area contributed by atoms with E-state index in [1.165, 1.54) is 24.8 Å². The second kappa shape index (κ2) is 9.87. The summed E-state index contributed by atoms with van der Waals surface area (Å²) < 4.78 is 0. The van der Waals surface area contributed by atoms with Crippen LogP contribution < -0.4 is 0 Å². The van der Waals surface area contributed by atoms with Crippen LogP contribution in [0.15, 0.2) is 36.4 Å². The summed E-state index contributed by atoms with van der Waals surface area (Å²) in [5.41, 5.74) is 4.01. The quantitative estimate of drug-likeness (QED) is 0.837. The van der Waals surface area contributed by atoms with Gasteiger partial charge in [0.2, 0.25) is 0 Å². The SMILES string of the molecule is CCc1ccc(-c2nc(CN3CCCCC3)ccc2O)cc1.Cl.Cl. The largest absolute Gasteiger partial charge is 0.506 e. The fourth-order valence-corrected chi connectivity index (χ4v) is 3.04. The average molecular weight is 369 g/mol. The number of hydrogen-bond acceptors (Lipinski definition) is 3. The van der Waals surface area contributed by atoms with Crippen molar-refractivity contribution in [3.8, 4) is 17.0 Å². The lowest BCUT2D eigenvalue weighted by atomic mass is 10.1. The Balaban J connectivity index is 0.00000144. The molecule has 1 fully saturated rings. The first-order chi connectivity index (χ1) is 10.8. The summed E-state index contributed by atoms with van der Waals surface area (Å²) in [6, 6.07) is 12.0. The van der Waals surface area contributed by atoms with Crippen LogP contribution in [0.2, 0.25) is 0 Å². The molecule has 2 heterocycles. The van der Waals surface area contributed by atoms with Gasteiger partial charge in [0.15, 0.2) is 0 Å². The average Bonchev–Trinajstić information content (AvgIpc) is 2.58. The van der Waals surface area contributed by atoms with Gasteiger partial charge in [-0.25, -0.2) is 4.98 Å². The van der Waals surface area contributed by atoms with Crippen LogP contribution in [0.1, 0.15) is 37.4 Å². The highest BCUT2D eigenvalue weighted by Gasteiger charge is 2.13. The molecular formula is C19H26Cl2N2O. The molecule has 24 heavy (non-hydrogen) atoms. The van der Waals surface area contributed by atoms with E-state index in [2.05, 4.69) is 24.0 Å². The fraction of sp³-hybridized carbons (Fsp3) is 0.421. The standard InChI is InChI=1S/C19H24N2O.2ClH/c1-2-15-6-8-16(9-7-15)19-18(22)11-10-17(20-19)14-21-12-4-3-5-13-21;;/h6-11,22H,2-5,12-14H2,1H3;2*1H. The topological polar surface area (TPSA) is 36.4 Å². The first kappa shape index (κ1) is 20.8. The van der Waals surface area contributed by atoms with Gasteiger partial charge in [0.05, 0.1) is 5.69 Å². The lowest BCUT2D eigenvalue weighted by Crippen LogP contribution is -2.29. The number of rotatable bonds is 4. The number of aryl methyl sites for hydroxylation is 1. The normalized spacial score (nSPS) is 14.5. The Morgan fingerprint density at radius 1 is 0.958 bits per heavy atom. The van der Waals surface area contributed by atoms with Gasteiger partial charge in [0.25, 0.3) is 0 Å². The van der Waals surface area contributed by atoms with Crippen molar-refractivity contribution in [2.75, 3.05) is 13.1 Å². The molecule has 0 saturated carbocycles. The molecule has 0 bridgehead atoms. The van der Waals surface area contributed by atoms with Crippen molar-refractivity contribution in [3.05, 3.63) is 47.7 Å². The maximum Gasteiger partial charge on any atom is 0.141 e. The van der Waals surface area contributed by atoms with Crippen molar-refractivity contribution in [3.63, 3.8) is 0 Å². The molecule has 0 amide bonds. The van der Waals surface area contributed by atoms with Crippen LogP contribution in [-0.2, 0) is 13.0 Å². The molecule has 0 radical (unpaired) electrons. The minimum atomic E-state index is 0. The minimum Gasteiger partial charge on any atom is -0.506 e. The first-order valence-corrected chi connectivity index (χ1v) is 8.27. The highest BCUT2D eigenvalue weighted by molar-refractivity contribution is 5.85. The number of hydrogen-bond donors (Lipinski definition) is 1. The number of nitrogens with zero attached hydrogens (tertiary/aromatic N) is 2. The molecule has 0 aliphatic carbocycles. The Kier molecular flexibility index (Phi) is 8.54. The van der Waals surface area contributed by atoms with Crippen LogP contribution in [0.25, 0.3) is 11.3 Å². The number of piperidine rings is 1. The van der Waals surface area contributed by atoms with Crippen molar-refractivity contribution in [1.82, 2.24) is 9.88 Å². The minimum absolute atomic E-state index is 0. The third kappa shape index (κ3) is 5.10. The lowest BCUT2D eigenvalue weighted by molar-refractivity contribution is 0.218. The van der Waals surface area contributed by atoms with Gasteiger partial charge in [-0.15, -0.1) is 24.8 Å². The Morgan fingerprint density at radius 3 is 2.25 bits per heavy atom. The Hall–Kier alpha value is -1.29. The predicted molar refractivity (Wildman–Crippen MR) is 104 cm³/mol. The maximum absolute atomic E-state index is 10.1. The van der Waals surface area contributed by atoms with Gasteiger partial charge < -0.3 is 5.11 Å². The molecule has 1 aliphatic rings. The number of likely N-dealkylation sites (tertiary alicyclic amines) is 1. The summed E-state index contributed by atoms with van der Waals surface area (Å²) in [7, 11) is 0. The number of aromatic hydroxyl groups is 1. The van der Waals surface area contributed by atoms with E-state index in [4.69, 9.17) is 4.98 Å². The molecule has 3 nitrogen and oxygen atoms in total. The molecule has 2 aromatic rings. The summed E-state index contributed by atoms with van der Waals surface area (Å²) in [6.45, 7) is 5.33. The molecule has 1 N–H and O–H groups in total. The Labute approximate surface area is 156 Å². The summed E-state index contributed by atoms with van der Waals surface area (Å²) >= 11 is 0. The monoisotopic (exact) mass is 368 g/mol. The molecule has 1 aromatic heterocycles. The molecule has 1 aliphatic heterocycles. The molecule has 0 unspecified atom stereocenters. The van der Waals surface area contributed by atoms with Crippen molar-refractivity contribution in [1.29, 1.82) is 0 Å². The van der Waals surface area contributed by atoms with E-state index in [1.807, 2.05) is 18.2 Å². The van der Waals surface area contributed by atoms with Crippen molar-refractivity contribution in [2.24, 2.45) is 0 Å². The lowest BCUT2D eigenvalue weighted by Gasteiger charge is -2.26.